The maximum absolute atomic E-state index is 13.5. The second-order valence-corrected chi connectivity index (χ2v) is 4.64. The predicted molar refractivity (Wildman–Crippen MR) is 78.3 cm³/mol. The lowest BCUT2D eigenvalue weighted by atomic mass is 9.77. The van der Waals surface area contributed by atoms with E-state index in [1.54, 1.807) is 37.3 Å². The number of aryl methyl sites for hydroxylation is 1. The topological polar surface area (TPSA) is 58.9 Å². The van der Waals surface area contributed by atoms with Crippen molar-refractivity contribution in [3.63, 3.8) is 0 Å². The third-order valence-corrected chi connectivity index (χ3v) is 3.17. The normalized spacial score (nSPS) is 10.3. The first-order chi connectivity index (χ1) is 10.0. The molecule has 0 aliphatic carbocycles. The van der Waals surface area contributed by atoms with E-state index < -0.39 is 7.12 Å². The minimum absolute atomic E-state index is 0.0760. The molecule has 21 heavy (non-hydrogen) atoms. The second kappa shape index (κ2) is 6.60. The molecular weight excluding hydrogens is 274 g/mol. The molecule has 4 nitrogen and oxygen atoms in total. The van der Waals surface area contributed by atoms with Crippen LogP contribution in [0.15, 0.2) is 36.4 Å². The van der Waals surface area contributed by atoms with E-state index in [4.69, 9.17) is 9.47 Å². The van der Waals surface area contributed by atoms with E-state index in [0.717, 1.165) is 0 Å². The molecule has 0 radical (unpaired) electrons. The summed E-state index contributed by atoms with van der Waals surface area (Å²) in [5.41, 5.74) is 1.42. The average Bonchev–Trinajstić information content (AvgIpc) is 2.48. The van der Waals surface area contributed by atoms with Crippen LogP contribution in [0.2, 0.25) is 0 Å². The van der Waals surface area contributed by atoms with Crippen LogP contribution in [-0.4, -0.2) is 24.3 Å². The van der Waals surface area contributed by atoms with Crippen molar-refractivity contribution in [3.05, 3.63) is 53.3 Å². The van der Waals surface area contributed by atoms with E-state index >= 15 is 0 Å². The van der Waals surface area contributed by atoms with E-state index in [1.807, 2.05) is 0 Å². The Labute approximate surface area is 122 Å². The summed E-state index contributed by atoms with van der Waals surface area (Å²) in [6, 6.07) is 9.41. The van der Waals surface area contributed by atoms with Crippen molar-refractivity contribution in [2.24, 2.45) is 0 Å². The van der Waals surface area contributed by atoms with Crippen molar-refractivity contribution in [1.82, 2.24) is 0 Å². The highest BCUT2D eigenvalue weighted by Crippen LogP contribution is 2.18. The largest absolute Gasteiger partial charge is 0.497 e. The molecule has 2 aromatic carbocycles. The Kier molecular flexibility index (Phi) is 4.83. The molecule has 0 heterocycles. The van der Waals surface area contributed by atoms with Gasteiger partial charge in [-0.1, -0.05) is 12.1 Å². The minimum Gasteiger partial charge on any atom is -0.497 e. The van der Waals surface area contributed by atoms with Gasteiger partial charge in [-0.2, -0.15) is 0 Å². The van der Waals surface area contributed by atoms with Gasteiger partial charge in [-0.3, -0.25) is 0 Å². The summed E-state index contributed by atoms with van der Waals surface area (Å²) in [7, 11) is -0.0889. The molecule has 6 heteroatoms. The lowest BCUT2D eigenvalue weighted by Gasteiger charge is -2.12. The molecule has 0 aromatic heterocycles. The SMILES string of the molecule is COc1ccc(B(O)O)c(COc2ccc(C)c(F)c2)c1. The Morgan fingerprint density at radius 2 is 1.81 bits per heavy atom. The van der Waals surface area contributed by atoms with Gasteiger partial charge >= 0.3 is 7.12 Å². The van der Waals surface area contributed by atoms with E-state index in [0.29, 0.717) is 28.1 Å². The molecule has 2 N–H and O–H groups in total. The summed E-state index contributed by atoms with van der Waals surface area (Å²) in [5.74, 6) is 0.605. The van der Waals surface area contributed by atoms with E-state index in [-0.39, 0.29) is 12.4 Å². The van der Waals surface area contributed by atoms with Crippen molar-refractivity contribution < 1.29 is 23.9 Å². The lowest BCUT2D eigenvalue weighted by Crippen LogP contribution is -2.33. The Morgan fingerprint density at radius 3 is 2.43 bits per heavy atom. The van der Waals surface area contributed by atoms with Crippen LogP contribution in [0.5, 0.6) is 11.5 Å². The van der Waals surface area contributed by atoms with E-state index in [2.05, 4.69) is 0 Å². The van der Waals surface area contributed by atoms with Crippen molar-refractivity contribution in [2.45, 2.75) is 13.5 Å². The number of benzene rings is 2. The van der Waals surface area contributed by atoms with Crippen molar-refractivity contribution in [2.75, 3.05) is 7.11 Å². The highest BCUT2D eigenvalue weighted by Gasteiger charge is 2.17. The molecule has 0 atom stereocenters. The Hall–Kier alpha value is -2.05. The van der Waals surface area contributed by atoms with Crippen LogP contribution >= 0.6 is 0 Å². The molecule has 0 spiro atoms. The quantitative estimate of drug-likeness (QED) is 0.817. The summed E-state index contributed by atoms with van der Waals surface area (Å²) in [6.45, 7) is 1.74. The summed E-state index contributed by atoms with van der Waals surface area (Å²) in [6.07, 6.45) is 0. The van der Waals surface area contributed by atoms with E-state index in [9.17, 15) is 14.4 Å². The molecule has 2 rings (SSSR count). The van der Waals surface area contributed by atoms with Gasteiger partial charge in [0.1, 0.15) is 23.9 Å². The lowest BCUT2D eigenvalue weighted by molar-refractivity contribution is 0.303. The molecule has 0 aliphatic rings. The number of ether oxygens (including phenoxy) is 2. The fourth-order valence-electron chi connectivity index (χ4n) is 1.91. The summed E-state index contributed by atoms with van der Waals surface area (Å²) in [5, 5.41) is 18.7. The van der Waals surface area contributed by atoms with Gasteiger partial charge in [-0.25, -0.2) is 4.39 Å². The Balaban J connectivity index is 2.19. The standard InChI is InChI=1S/C15H16BFO4/c1-10-3-4-13(8-15(10)17)21-9-11-7-12(20-2)5-6-14(11)16(18)19/h3-8,18-19H,9H2,1-2H3. The van der Waals surface area contributed by atoms with Gasteiger partial charge in [0.25, 0.3) is 0 Å². The average molecular weight is 290 g/mol. The zero-order chi connectivity index (χ0) is 15.4. The maximum atomic E-state index is 13.5. The third kappa shape index (κ3) is 3.74. The molecule has 0 aliphatic heterocycles. The van der Waals surface area contributed by atoms with Crippen LogP contribution in [0.25, 0.3) is 0 Å². The number of halogens is 1. The highest BCUT2D eigenvalue weighted by molar-refractivity contribution is 6.59. The number of methoxy groups -OCH3 is 1. The molecule has 0 saturated heterocycles. The Morgan fingerprint density at radius 1 is 1.10 bits per heavy atom. The summed E-state index contributed by atoms with van der Waals surface area (Å²) >= 11 is 0. The first kappa shape index (κ1) is 15.3. The van der Waals surface area contributed by atoms with Crippen LogP contribution in [0.1, 0.15) is 11.1 Å². The smallest absolute Gasteiger partial charge is 0.488 e. The molecule has 0 saturated carbocycles. The van der Waals surface area contributed by atoms with Crippen molar-refractivity contribution >= 4 is 12.6 Å². The highest BCUT2D eigenvalue weighted by atomic mass is 19.1. The molecule has 2 aromatic rings. The van der Waals surface area contributed by atoms with Crippen LogP contribution in [0.3, 0.4) is 0 Å². The third-order valence-electron chi connectivity index (χ3n) is 3.17. The van der Waals surface area contributed by atoms with Gasteiger partial charge in [-0.05, 0) is 41.7 Å². The van der Waals surface area contributed by atoms with Crippen LogP contribution in [-0.2, 0) is 6.61 Å². The first-order valence-corrected chi connectivity index (χ1v) is 6.43. The molecule has 0 bridgehead atoms. The maximum Gasteiger partial charge on any atom is 0.488 e. The van der Waals surface area contributed by atoms with Gasteiger partial charge < -0.3 is 19.5 Å². The van der Waals surface area contributed by atoms with Gasteiger partial charge in [-0.15, -0.1) is 0 Å². The van der Waals surface area contributed by atoms with E-state index in [1.165, 1.54) is 13.2 Å². The molecule has 110 valence electrons. The first-order valence-electron chi connectivity index (χ1n) is 6.43. The molecule has 0 fully saturated rings. The van der Waals surface area contributed by atoms with Crippen molar-refractivity contribution in [3.8, 4) is 11.5 Å². The fourth-order valence-corrected chi connectivity index (χ4v) is 1.91. The molecule has 0 amide bonds. The number of rotatable bonds is 5. The van der Waals surface area contributed by atoms with Crippen molar-refractivity contribution in [1.29, 1.82) is 0 Å². The zero-order valence-corrected chi connectivity index (χ0v) is 11.8. The molecule has 0 unspecified atom stereocenters. The minimum atomic E-state index is -1.61. The van der Waals surface area contributed by atoms with Gasteiger partial charge in [0.05, 0.1) is 7.11 Å². The summed E-state index contributed by atoms with van der Waals surface area (Å²) in [4.78, 5) is 0. The van der Waals surface area contributed by atoms with Gasteiger partial charge in [0.2, 0.25) is 0 Å². The van der Waals surface area contributed by atoms with Crippen LogP contribution in [0, 0.1) is 12.7 Å². The Bertz CT molecular complexity index is 631. The summed E-state index contributed by atoms with van der Waals surface area (Å²) < 4.78 is 24.0. The zero-order valence-electron chi connectivity index (χ0n) is 11.8. The van der Waals surface area contributed by atoms with Gasteiger partial charge in [0, 0.05) is 6.07 Å². The van der Waals surface area contributed by atoms with Gasteiger partial charge in [0.15, 0.2) is 0 Å². The van der Waals surface area contributed by atoms with Crippen LogP contribution < -0.4 is 14.9 Å². The number of hydrogen-bond acceptors (Lipinski definition) is 4. The second-order valence-electron chi connectivity index (χ2n) is 4.64. The fraction of sp³-hybridized carbons (Fsp3) is 0.200. The van der Waals surface area contributed by atoms with Crippen LogP contribution in [0.4, 0.5) is 4.39 Å². The monoisotopic (exact) mass is 290 g/mol. The molecular formula is C15H16BFO4. The predicted octanol–water partition coefficient (Wildman–Crippen LogP) is 1.40. The number of hydrogen-bond donors (Lipinski definition) is 2.